The fourth-order valence-electron chi connectivity index (χ4n) is 2.49. The lowest BCUT2D eigenvalue weighted by atomic mass is 9.95. The second-order valence-electron chi connectivity index (χ2n) is 5.13. The summed E-state index contributed by atoms with van der Waals surface area (Å²) < 4.78 is 15.4. The first kappa shape index (κ1) is 16.5. The van der Waals surface area contributed by atoms with E-state index >= 15 is 0 Å². The molecule has 1 unspecified atom stereocenters. The van der Waals surface area contributed by atoms with Crippen LogP contribution in [0.5, 0.6) is 0 Å². The van der Waals surface area contributed by atoms with Crippen molar-refractivity contribution in [2.24, 2.45) is 0 Å². The van der Waals surface area contributed by atoms with E-state index in [1.165, 1.54) is 6.07 Å². The number of hydrogen-bond donors (Lipinski definition) is 1. The second-order valence-corrected chi connectivity index (χ2v) is 6.35. The summed E-state index contributed by atoms with van der Waals surface area (Å²) in [6, 6.07) is 8.81. The first-order chi connectivity index (χ1) is 9.93. The van der Waals surface area contributed by atoms with Crippen LogP contribution < -0.4 is 5.32 Å². The summed E-state index contributed by atoms with van der Waals surface area (Å²) in [5.41, 5.74) is 3.95. The Morgan fingerprint density at radius 1 is 1.19 bits per heavy atom. The lowest BCUT2D eigenvalue weighted by Gasteiger charge is -2.21. The summed E-state index contributed by atoms with van der Waals surface area (Å²) in [4.78, 5) is 0. The van der Waals surface area contributed by atoms with Crippen LogP contribution in [-0.2, 0) is 0 Å². The van der Waals surface area contributed by atoms with E-state index in [0.717, 1.165) is 27.7 Å². The molecule has 0 aliphatic heterocycles. The zero-order valence-corrected chi connectivity index (χ0v) is 14.6. The normalized spacial score (nSPS) is 12.5. The zero-order chi connectivity index (χ0) is 15.6. The summed E-state index contributed by atoms with van der Waals surface area (Å²) in [6.07, 6.45) is 0. The molecule has 0 spiro atoms. The Balaban J connectivity index is 2.53. The fraction of sp³-hybridized carbons (Fsp3) is 0.294. The molecule has 1 nitrogen and oxygen atoms in total. The Kier molecular flexibility index (Phi) is 5.42. The third-order valence-electron chi connectivity index (χ3n) is 3.47. The van der Waals surface area contributed by atoms with Gasteiger partial charge in [-0.15, -0.1) is 0 Å². The van der Waals surface area contributed by atoms with Crippen LogP contribution in [-0.4, -0.2) is 6.54 Å². The van der Waals surface area contributed by atoms with E-state index < -0.39 is 0 Å². The molecule has 0 radical (unpaired) electrons. The maximum absolute atomic E-state index is 14.3. The van der Waals surface area contributed by atoms with E-state index in [1.807, 2.05) is 20.8 Å². The van der Waals surface area contributed by atoms with Crippen molar-refractivity contribution in [1.82, 2.24) is 5.32 Å². The molecule has 1 atom stereocenters. The van der Waals surface area contributed by atoms with E-state index in [0.29, 0.717) is 10.6 Å². The van der Waals surface area contributed by atoms with Crippen LogP contribution in [0.15, 0.2) is 34.8 Å². The average Bonchev–Trinajstić information content (AvgIpc) is 2.42. The Morgan fingerprint density at radius 3 is 2.33 bits per heavy atom. The van der Waals surface area contributed by atoms with Gasteiger partial charge in [0.25, 0.3) is 0 Å². The molecule has 0 amide bonds. The van der Waals surface area contributed by atoms with Crippen molar-refractivity contribution in [1.29, 1.82) is 0 Å². The molecule has 0 saturated heterocycles. The van der Waals surface area contributed by atoms with Crippen molar-refractivity contribution >= 4 is 27.5 Å². The minimum atomic E-state index is -0.285. The lowest BCUT2D eigenvalue weighted by Crippen LogP contribution is -2.23. The monoisotopic (exact) mass is 369 g/mol. The van der Waals surface area contributed by atoms with Crippen LogP contribution in [0.3, 0.4) is 0 Å². The van der Waals surface area contributed by atoms with Crippen molar-refractivity contribution in [3.8, 4) is 0 Å². The number of nitrogens with one attached hydrogen (secondary N) is 1. The van der Waals surface area contributed by atoms with Gasteiger partial charge in [-0.05, 0) is 49.2 Å². The van der Waals surface area contributed by atoms with Gasteiger partial charge >= 0.3 is 0 Å². The van der Waals surface area contributed by atoms with Crippen molar-refractivity contribution in [2.75, 3.05) is 6.54 Å². The van der Waals surface area contributed by atoms with Crippen LogP contribution in [0.25, 0.3) is 0 Å². The highest BCUT2D eigenvalue weighted by molar-refractivity contribution is 9.10. The molecule has 0 bridgehead atoms. The Morgan fingerprint density at radius 2 is 1.81 bits per heavy atom. The molecule has 0 fully saturated rings. The second kappa shape index (κ2) is 6.91. The molecule has 0 saturated carbocycles. The number of hydrogen-bond acceptors (Lipinski definition) is 1. The predicted molar refractivity (Wildman–Crippen MR) is 90.5 cm³/mol. The maximum Gasteiger partial charge on any atom is 0.129 e. The van der Waals surface area contributed by atoms with Gasteiger partial charge in [0.2, 0.25) is 0 Å². The van der Waals surface area contributed by atoms with Gasteiger partial charge in [0, 0.05) is 15.1 Å². The summed E-state index contributed by atoms with van der Waals surface area (Å²) >= 11 is 9.42. The van der Waals surface area contributed by atoms with Crippen LogP contribution >= 0.6 is 27.5 Å². The number of benzene rings is 2. The van der Waals surface area contributed by atoms with Crippen molar-refractivity contribution in [3.63, 3.8) is 0 Å². The first-order valence-corrected chi connectivity index (χ1v) is 8.06. The molecular weight excluding hydrogens is 353 g/mol. The Hall–Kier alpha value is -0.900. The standard InChI is InChI=1S/C17H18BrClFN/c1-4-21-17(14-6-5-13(19)9-15(14)20)12-7-10(2)16(18)11(3)8-12/h5-9,17,21H,4H2,1-3H3. The van der Waals surface area contributed by atoms with Crippen molar-refractivity contribution < 1.29 is 4.39 Å². The molecule has 2 aromatic rings. The van der Waals surface area contributed by atoms with Gasteiger partial charge in [0.05, 0.1) is 6.04 Å². The van der Waals surface area contributed by atoms with Gasteiger partial charge in [-0.3, -0.25) is 0 Å². The molecule has 0 aliphatic carbocycles. The van der Waals surface area contributed by atoms with Gasteiger partial charge in [-0.1, -0.05) is 52.7 Å². The summed E-state index contributed by atoms with van der Waals surface area (Å²) in [6.45, 7) is 6.85. The maximum atomic E-state index is 14.3. The highest BCUT2D eigenvalue weighted by Crippen LogP contribution is 2.30. The van der Waals surface area contributed by atoms with E-state index in [9.17, 15) is 4.39 Å². The quantitative estimate of drug-likeness (QED) is 0.743. The lowest BCUT2D eigenvalue weighted by molar-refractivity contribution is 0.559. The Bertz CT molecular complexity index is 634. The molecule has 0 aromatic heterocycles. The summed E-state index contributed by atoms with van der Waals surface area (Å²) in [5.74, 6) is -0.285. The molecule has 112 valence electrons. The minimum Gasteiger partial charge on any atom is -0.306 e. The molecule has 2 rings (SSSR count). The molecule has 21 heavy (non-hydrogen) atoms. The number of rotatable bonds is 4. The smallest absolute Gasteiger partial charge is 0.129 e. The summed E-state index contributed by atoms with van der Waals surface area (Å²) in [5, 5.41) is 3.76. The third kappa shape index (κ3) is 3.65. The molecule has 0 aliphatic rings. The SMILES string of the molecule is CCNC(c1cc(C)c(Br)c(C)c1)c1ccc(Cl)cc1F. The third-order valence-corrected chi connectivity index (χ3v) is 4.96. The van der Waals surface area contributed by atoms with Crippen molar-refractivity contribution in [2.45, 2.75) is 26.8 Å². The summed E-state index contributed by atoms with van der Waals surface area (Å²) in [7, 11) is 0. The topological polar surface area (TPSA) is 12.0 Å². The first-order valence-electron chi connectivity index (χ1n) is 6.89. The molecule has 0 heterocycles. The average molecular weight is 371 g/mol. The molecule has 1 N–H and O–H groups in total. The van der Waals surface area contributed by atoms with Crippen LogP contribution in [0.4, 0.5) is 4.39 Å². The van der Waals surface area contributed by atoms with Crippen LogP contribution in [0, 0.1) is 19.7 Å². The van der Waals surface area contributed by atoms with Crippen LogP contribution in [0.2, 0.25) is 5.02 Å². The van der Waals surface area contributed by atoms with E-state index in [4.69, 9.17) is 11.6 Å². The number of aryl methyl sites for hydroxylation is 2. The van der Waals surface area contributed by atoms with Gasteiger partial charge in [-0.25, -0.2) is 4.39 Å². The van der Waals surface area contributed by atoms with E-state index in [2.05, 4.69) is 33.4 Å². The zero-order valence-electron chi connectivity index (χ0n) is 12.3. The van der Waals surface area contributed by atoms with Crippen LogP contribution in [0.1, 0.15) is 35.2 Å². The largest absolute Gasteiger partial charge is 0.306 e. The van der Waals surface area contributed by atoms with Gasteiger partial charge in [0.1, 0.15) is 5.82 Å². The van der Waals surface area contributed by atoms with Gasteiger partial charge < -0.3 is 5.32 Å². The highest BCUT2D eigenvalue weighted by Gasteiger charge is 2.18. The number of halogens is 3. The molecular formula is C17H18BrClFN. The fourth-order valence-corrected chi connectivity index (χ4v) is 2.88. The van der Waals surface area contributed by atoms with E-state index in [-0.39, 0.29) is 11.9 Å². The highest BCUT2D eigenvalue weighted by atomic mass is 79.9. The molecule has 4 heteroatoms. The van der Waals surface area contributed by atoms with Gasteiger partial charge in [-0.2, -0.15) is 0 Å². The molecule has 2 aromatic carbocycles. The Labute approximate surface area is 138 Å². The van der Waals surface area contributed by atoms with Crippen molar-refractivity contribution in [3.05, 3.63) is 67.9 Å². The minimum absolute atomic E-state index is 0.183. The van der Waals surface area contributed by atoms with Gasteiger partial charge in [0.15, 0.2) is 0 Å². The van der Waals surface area contributed by atoms with E-state index in [1.54, 1.807) is 12.1 Å². The predicted octanol–water partition coefficient (Wildman–Crippen LogP) is 5.56.